The number of benzene rings is 4. The van der Waals surface area contributed by atoms with Gasteiger partial charge in [0.1, 0.15) is 12.6 Å². The number of aryl methyl sites for hydroxylation is 2. The molecule has 0 heterocycles. The fraction of sp³-hybridized carbons (Fsp3) is 0.297. The maximum Gasteiger partial charge on any atom is 0.264 e. The lowest BCUT2D eigenvalue weighted by molar-refractivity contribution is -0.140. The second-order valence-corrected chi connectivity index (χ2v) is 14.1. The molecule has 0 radical (unpaired) electrons. The van der Waals surface area contributed by atoms with Gasteiger partial charge in [0.2, 0.25) is 11.8 Å². The van der Waals surface area contributed by atoms with Crippen molar-refractivity contribution in [2.24, 2.45) is 0 Å². The molecule has 0 fully saturated rings. The van der Waals surface area contributed by atoms with E-state index >= 15 is 0 Å². The monoisotopic (exact) mass is 691 g/mol. The number of ether oxygens (including phenoxy) is 2. The summed E-state index contributed by atoms with van der Waals surface area (Å²) in [6.45, 7) is 6.78. The van der Waals surface area contributed by atoms with Crippen molar-refractivity contribution in [1.82, 2.24) is 10.2 Å². The first-order valence-electron chi connectivity index (χ1n) is 15.5. The van der Waals surface area contributed by atoms with Crippen LogP contribution in [0.4, 0.5) is 5.69 Å². The Bertz CT molecular complexity index is 1830. The molecule has 0 aromatic heterocycles. The van der Waals surface area contributed by atoms with Crippen LogP contribution in [0.3, 0.4) is 0 Å². The number of nitrogens with zero attached hydrogens (tertiary/aromatic N) is 2. The predicted molar refractivity (Wildman–Crippen MR) is 189 cm³/mol. The first-order chi connectivity index (χ1) is 22.8. The zero-order valence-corrected chi connectivity index (χ0v) is 29.6. The molecular formula is C37H42ClN3O6S. The van der Waals surface area contributed by atoms with Crippen LogP contribution in [0.15, 0.2) is 95.9 Å². The summed E-state index contributed by atoms with van der Waals surface area (Å²) in [7, 11) is -1.48. The lowest BCUT2D eigenvalue weighted by Gasteiger charge is -2.34. The first kappa shape index (κ1) is 36.3. The molecule has 4 aromatic carbocycles. The van der Waals surface area contributed by atoms with Gasteiger partial charge in [-0.1, -0.05) is 66.2 Å². The van der Waals surface area contributed by atoms with E-state index in [2.05, 4.69) is 5.32 Å². The first-order valence-corrected chi connectivity index (χ1v) is 17.4. The third-order valence-corrected chi connectivity index (χ3v) is 9.86. The molecule has 0 bridgehead atoms. The molecule has 0 aliphatic heterocycles. The Balaban J connectivity index is 1.86. The molecule has 0 saturated carbocycles. The summed E-state index contributed by atoms with van der Waals surface area (Å²) in [5.41, 5.74) is 3.39. The Hall–Kier alpha value is -4.54. The van der Waals surface area contributed by atoms with E-state index in [1.807, 2.05) is 64.1 Å². The highest BCUT2D eigenvalue weighted by Crippen LogP contribution is 2.33. The van der Waals surface area contributed by atoms with Crippen LogP contribution in [0.2, 0.25) is 5.02 Å². The van der Waals surface area contributed by atoms with Crippen LogP contribution in [0.5, 0.6) is 11.5 Å². The molecule has 0 aliphatic carbocycles. The van der Waals surface area contributed by atoms with Crippen LogP contribution in [-0.2, 0) is 32.6 Å². The highest BCUT2D eigenvalue weighted by Gasteiger charge is 2.35. The Morgan fingerprint density at radius 1 is 0.833 bits per heavy atom. The van der Waals surface area contributed by atoms with Crippen LogP contribution in [-0.4, -0.2) is 58.0 Å². The Kier molecular flexibility index (Phi) is 12.1. The van der Waals surface area contributed by atoms with Crippen LogP contribution in [0, 0.1) is 13.8 Å². The summed E-state index contributed by atoms with van der Waals surface area (Å²) in [4.78, 5) is 29.9. The summed E-state index contributed by atoms with van der Waals surface area (Å²) in [6.07, 6.45) is 0.196. The summed E-state index contributed by atoms with van der Waals surface area (Å²) in [5, 5.41) is 3.37. The van der Waals surface area contributed by atoms with E-state index < -0.39 is 28.5 Å². The van der Waals surface area contributed by atoms with Crippen LogP contribution < -0.4 is 19.1 Å². The fourth-order valence-electron chi connectivity index (χ4n) is 5.47. The Morgan fingerprint density at radius 3 is 2.06 bits per heavy atom. The smallest absolute Gasteiger partial charge is 0.264 e. The van der Waals surface area contributed by atoms with Gasteiger partial charge in [0, 0.05) is 30.1 Å². The van der Waals surface area contributed by atoms with Crippen molar-refractivity contribution in [3.8, 4) is 11.5 Å². The largest absolute Gasteiger partial charge is 0.493 e. The second-order valence-electron chi connectivity index (χ2n) is 11.9. The van der Waals surface area contributed by atoms with Gasteiger partial charge >= 0.3 is 0 Å². The number of amides is 2. The van der Waals surface area contributed by atoms with Gasteiger partial charge in [0.15, 0.2) is 11.5 Å². The number of carbonyl (C=O) groups excluding carboxylic acids is 2. The van der Waals surface area contributed by atoms with E-state index in [0.717, 1.165) is 21.0 Å². The van der Waals surface area contributed by atoms with Crippen LogP contribution in [0.1, 0.15) is 36.1 Å². The SMILES string of the molecule is COc1ccc(S(=O)(=O)N(CC(=O)N(Cc2ccccc2Cl)[C@H](Cc2ccccc2)C(=O)NC(C)C)c2cc(C)cc(C)c2)cc1OC. The molecule has 11 heteroatoms. The zero-order chi connectivity index (χ0) is 35.0. The molecule has 0 spiro atoms. The summed E-state index contributed by atoms with van der Waals surface area (Å²) in [6, 6.07) is 24.9. The van der Waals surface area contributed by atoms with Crippen molar-refractivity contribution < 1.29 is 27.5 Å². The quantitative estimate of drug-likeness (QED) is 0.166. The van der Waals surface area contributed by atoms with Crippen molar-refractivity contribution in [1.29, 1.82) is 0 Å². The van der Waals surface area contributed by atoms with Gasteiger partial charge in [0.05, 0.1) is 24.8 Å². The van der Waals surface area contributed by atoms with Crippen molar-refractivity contribution in [3.63, 3.8) is 0 Å². The van der Waals surface area contributed by atoms with Crippen LogP contribution >= 0.6 is 11.6 Å². The number of carbonyl (C=O) groups is 2. The van der Waals surface area contributed by atoms with Gasteiger partial charge in [-0.15, -0.1) is 0 Å². The van der Waals surface area contributed by atoms with Crippen molar-refractivity contribution in [2.75, 3.05) is 25.1 Å². The highest BCUT2D eigenvalue weighted by molar-refractivity contribution is 7.92. The minimum Gasteiger partial charge on any atom is -0.493 e. The second kappa shape index (κ2) is 16.0. The number of hydrogen-bond donors (Lipinski definition) is 1. The number of halogens is 1. The predicted octanol–water partition coefficient (Wildman–Crippen LogP) is 6.33. The number of nitrogens with one attached hydrogen (secondary N) is 1. The minimum absolute atomic E-state index is 0.0292. The molecule has 1 N–H and O–H groups in total. The third-order valence-electron chi connectivity index (χ3n) is 7.72. The van der Waals surface area contributed by atoms with E-state index in [1.165, 1.54) is 37.3 Å². The topological polar surface area (TPSA) is 105 Å². The van der Waals surface area contributed by atoms with E-state index in [0.29, 0.717) is 22.0 Å². The highest BCUT2D eigenvalue weighted by atomic mass is 35.5. The maximum atomic E-state index is 14.7. The van der Waals surface area contributed by atoms with E-state index in [9.17, 15) is 18.0 Å². The molecule has 1 atom stereocenters. The third kappa shape index (κ3) is 8.87. The number of methoxy groups -OCH3 is 2. The zero-order valence-electron chi connectivity index (χ0n) is 28.1. The molecule has 4 aromatic rings. The minimum atomic E-state index is -4.35. The lowest BCUT2D eigenvalue weighted by atomic mass is 10.0. The van der Waals surface area contributed by atoms with Crippen molar-refractivity contribution in [2.45, 2.75) is 57.6 Å². The Morgan fingerprint density at radius 2 is 1.46 bits per heavy atom. The molecule has 0 aliphatic rings. The Labute approximate surface area is 288 Å². The normalized spacial score (nSPS) is 11.9. The molecule has 48 heavy (non-hydrogen) atoms. The molecule has 0 unspecified atom stereocenters. The fourth-order valence-corrected chi connectivity index (χ4v) is 7.08. The van der Waals surface area contributed by atoms with Gasteiger partial charge < -0.3 is 19.7 Å². The molecular weight excluding hydrogens is 650 g/mol. The van der Waals surface area contributed by atoms with Crippen LogP contribution in [0.25, 0.3) is 0 Å². The van der Waals surface area contributed by atoms with Crippen molar-refractivity contribution >= 4 is 39.1 Å². The van der Waals surface area contributed by atoms with Gasteiger partial charge in [-0.2, -0.15) is 0 Å². The lowest BCUT2D eigenvalue weighted by Crippen LogP contribution is -2.54. The summed E-state index contributed by atoms with van der Waals surface area (Å²) in [5.74, 6) is -0.372. The molecule has 254 valence electrons. The number of anilines is 1. The molecule has 2 amide bonds. The summed E-state index contributed by atoms with van der Waals surface area (Å²) < 4.78 is 40.8. The van der Waals surface area contributed by atoms with E-state index in [4.69, 9.17) is 21.1 Å². The van der Waals surface area contributed by atoms with E-state index in [1.54, 1.807) is 36.4 Å². The molecule has 9 nitrogen and oxygen atoms in total. The number of hydrogen-bond acceptors (Lipinski definition) is 6. The standard InChI is InChI=1S/C37H42ClN3O6S/c1-25(2)39-37(43)33(21-28-12-8-7-9-13-28)40(23-29-14-10-11-15-32(29)38)36(42)24-41(30-19-26(3)18-27(4)20-30)48(44,45)31-16-17-34(46-5)35(22-31)47-6/h7-20,22,25,33H,21,23-24H2,1-6H3,(H,39,43)/t33-/m1/s1. The van der Waals surface area contributed by atoms with Gasteiger partial charge in [0.25, 0.3) is 10.0 Å². The van der Waals surface area contributed by atoms with Gasteiger partial charge in [-0.3, -0.25) is 13.9 Å². The van der Waals surface area contributed by atoms with Gasteiger partial charge in [-0.05, 0) is 80.3 Å². The number of rotatable bonds is 14. The maximum absolute atomic E-state index is 14.7. The molecule has 0 saturated heterocycles. The van der Waals surface area contributed by atoms with E-state index in [-0.39, 0.29) is 35.6 Å². The number of sulfonamides is 1. The summed E-state index contributed by atoms with van der Waals surface area (Å²) >= 11 is 6.58. The average molecular weight is 692 g/mol. The average Bonchev–Trinajstić information content (AvgIpc) is 3.05. The van der Waals surface area contributed by atoms with Crippen molar-refractivity contribution in [3.05, 3.63) is 118 Å². The molecule has 4 rings (SSSR count). The van der Waals surface area contributed by atoms with Gasteiger partial charge in [-0.25, -0.2) is 8.42 Å².